The van der Waals surface area contributed by atoms with Crippen molar-refractivity contribution in [3.05, 3.63) is 30.1 Å². The minimum absolute atomic E-state index is 0.207. The average Bonchev–Trinajstić information content (AvgIpc) is 2.41. The van der Waals surface area contributed by atoms with E-state index >= 15 is 0 Å². The molecule has 0 aromatic carbocycles. The maximum Gasteiger partial charge on any atom is 0.304 e. The van der Waals surface area contributed by atoms with E-state index in [1.165, 1.54) is 24.8 Å². The van der Waals surface area contributed by atoms with Crippen LogP contribution in [0.1, 0.15) is 44.6 Å². The highest BCUT2D eigenvalue weighted by Crippen LogP contribution is 2.07. The van der Waals surface area contributed by atoms with Crippen LogP contribution < -0.4 is 0 Å². The average molecular weight is 264 g/mol. The minimum atomic E-state index is -0.728. The lowest BCUT2D eigenvalue weighted by atomic mass is 10.2. The number of aromatic nitrogens is 1. The Morgan fingerprint density at radius 1 is 1.21 bits per heavy atom. The first-order valence-electron chi connectivity index (χ1n) is 7.05. The van der Waals surface area contributed by atoms with Gasteiger partial charge in [-0.05, 0) is 30.7 Å². The van der Waals surface area contributed by atoms with Crippen LogP contribution in [0.15, 0.2) is 24.5 Å². The summed E-state index contributed by atoms with van der Waals surface area (Å²) in [5.74, 6) is -0.728. The van der Waals surface area contributed by atoms with Crippen LogP contribution in [0.2, 0.25) is 0 Å². The fraction of sp³-hybridized carbons (Fsp3) is 0.600. The third-order valence-electron chi connectivity index (χ3n) is 3.13. The van der Waals surface area contributed by atoms with Crippen molar-refractivity contribution >= 4 is 5.97 Å². The maximum atomic E-state index is 10.7. The van der Waals surface area contributed by atoms with Gasteiger partial charge in [0.05, 0.1) is 6.42 Å². The summed E-state index contributed by atoms with van der Waals surface area (Å²) in [6.45, 7) is 4.58. The predicted molar refractivity (Wildman–Crippen MR) is 75.9 cm³/mol. The largest absolute Gasteiger partial charge is 0.481 e. The zero-order chi connectivity index (χ0) is 13.9. The lowest BCUT2D eigenvalue weighted by molar-refractivity contribution is -0.137. The van der Waals surface area contributed by atoms with Crippen LogP contribution in [-0.2, 0) is 11.3 Å². The fourth-order valence-corrected chi connectivity index (χ4v) is 2.03. The van der Waals surface area contributed by atoms with E-state index in [2.05, 4.69) is 16.8 Å². The van der Waals surface area contributed by atoms with Gasteiger partial charge in [0.25, 0.3) is 0 Å². The van der Waals surface area contributed by atoms with E-state index in [4.69, 9.17) is 5.11 Å². The van der Waals surface area contributed by atoms with Crippen molar-refractivity contribution in [3.8, 4) is 0 Å². The molecule has 106 valence electrons. The number of hydrogen-bond donors (Lipinski definition) is 1. The van der Waals surface area contributed by atoms with Crippen LogP contribution in [0.25, 0.3) is 0 Å². The van der Waals surface area contributed by atoms with E-state index in [0.29, 0.717) is 6.54 Å². The highest BCUT2D eigenvalue weighted by molar-refractivity contribution is 5.66. The molecule has 0 fully saturated rings. The Morgan fingerprint density at radius 2 is 1.95 bits per heavy atom. The summed E-state index contributed by atoms with van der Waals surface area (Å²) in [6.07, 6.45) is 8.60. The second kappa shape index (κ2) is 9.50. The van der Waals surface area contributed by atoms with Crippen molar-refractivity contribution in [1.29, 1.82) is 0 Å². The van der Waals surface area contributed by atoms with Crippen molar-refractivity contribution in [2.45, 2.75) is 45.6 Å². The number of rotatable bonds is 10. The van der Waals surface area contributed by atoms with Crippen molar-refractivity contribution in [2.24, 2.45) is 0 Å². The van der Waals surface area contributed by atoms with E-state index in [9.17, 15) is 4.79 Å². The molecule has 1 aromatic rings. The van der Waals surface area contributed by atoms with E-state index in [-0.39, 0.29) is 6.42 Å². The summed E-state index contributed by atoms with van der Waals surface area (Å²) in [5.41, 5.74) is 1.19. The first kappa shape index (κ1) is 15.6. The number of carboxylic acids is 1. The monoisotopic (exact) mass is 264 g/mol. The molecule has 0 aliphatic heterocycles. The van der Waals surface area contributed by atoms with Crippen LogP contribution >= 0.6 is 0 Å². The van der Waals surface area contributed by atoms with Gasteiger partial charge in [0.1, 0.15) is 0 Å². The first-order chi connectivity index (χ1) is 9.22. The topological polar surface area (TPSA) is 53.4 Å². The van der Waals surface area contributed by atoms with Crippen LogP contribution in [-0.4, -0.2) is 34.0 Å². The molecule has 4 nitrogen and oxygen atoms in total. The van der Waals surface area contributed by atoms with Crippen molar-refractivity contribution in [1.82, 2.24) is 9.88 Å². The quantitative estimate of drug-likeness (QED) is 0.660. The Hall–Kier alpha value is -1.42. The molecule has 0 radical (unpaired) electrons. The number of hydrogen-bond acceptors (Lipinski definition) is 3. The lowest BCUT2D eigenvalue weighted by Gasteiger charge is -2.21. The molecule has 0 bridgehead atoms. The molecule has 0 aliphatic rings. The summed E-state index contributed by atoms with van der Waals surface area (Å²) in [7, 11) is 0. The molecule has 1 aromatic heterocycles. The summed E-state index contributed by atoms with van der Waals surface area (Å²) in [4.78, 5) is 16.9. The molecule has 0 saturated carbocycles. The van der Waals surface area contributed by atoms with Gasteiger partial charge in [0.15, 0.2) is 0 Å². The first-order valence-corrected chi connectivity index (χ1v) is 7.05. The highest BCUT2D eigenvalue weighted by Gasteiger charge is 2.08. The second-order valence-corrected chi connectivity index (χ2v) is 4.84. The molecule has 0 atom stereocenters. The number of pyridine rings is 1. The zero-order valence-corrected chi connectivity index (χ0v) is 11.7. The molecule has 0 unspecified atom stereocenters. The van der Waals surface area contributed by atoms with Crippen LogP contribution in [0, 0.1) is 0 Å². The molecule has 0 spiro atoms. The standard InChI is InChI=1S/C15H24N2O2/c1-2-3-4-5-11-17(12-8-15(18)19)13-14-6-9-16-10-7-14/h6-7,9-10H,2-5,8,11-13H2,1H3,(H,18,19). The van der Waals surface area contributed by atoms with Crippen LogP contribution in [0.3, 0.4) is 0 Å². The Kier molecular flexibility index (Phi) is 7.82. The third kappa shape index (κ3) is 7.57. The predicted octanol–water partition coefficient (Wildman–Crippen LogP) is 2.94. The smallest absolute Gasteiger partial charge is 0.304 e. The van der Waals surface area contributed by atoms with Crippen molar-refractivity contribution in [3.63, 3.8) is 0 Å². The summed E-state index contributed by atoms with van der Waals surface area (Å²) in [5, 5.41) is 8.80. The van der Waals surface area contributed by atoms with Gasteiger partial charge in [-0.3, -0.25) is 14.7 Å². The third-order valence-corrected chi connectivity index (χ3v) is 3.13. The molecule has 0 aliphatic carbocycles. The summed E-state index contributed by atoms with van der Waals surface area (Å²) < 4.78 is 0. The molecule has 19 heavy (non-hydrogen) atoms. The van der Waals surface area contributed by atoms with Gasteiger partial charge in [-0.1, -0.05) is 26.2 Å². The molecule has 1 N–H and O–H groups in total. The normalized spacial score (nSPS) is 10.8. The second-order valence-electron chi connectivity index (χ2n) is 4.84. The van der Waals surface area contributed by atoms with Crippen LogP contribution in [0.5, 0.6) is 0 Å². The molecule has 4 heteroatoms. The summed E-state index contributed by atoms with van der Waals surface area (Å²) >= 11 is 0. The molecule has 1 heterocycles. The maximum absolute atomic E-state index is 10.7. The number of aliphatic carboxylic acids is 1. The fourth-order valence-electron chi connectivity index (χ4n) is 2.03. The van der Waals surface area contributed by atoms with Gasteiger partial charge < -0.3 is 5.11 Å². The molecule has 0 amide bonds. The molecular weight excluding hydrogens is 240 g/mol. The minimum Gasteiger partial charge on any atom is -0.481 e. The van der Waals surface area contributed by atoms with Gasteiger partial charge in [-0.15, -0.1) is 0 Å². The summed E-state index contributed by atoms with van der Waals surface area (Å²) in [6, 6.07) is 3.97. The number of unbranched alkanes of at least 4 members (excludes halogenated alkanes) is 3. The highest BCUT2D eigenvalue weighted by atomic mass is 16.4. The Labute approximate surface area is 115 Å². The van der Waals surface area contributed by atoms with E-state index in [1.54, 1.807) is 12.4 Å². The van der Waals surface area contributed by atoms with Gasteiger partial charge in [-0.25, -0.2) is 0 Å². The SMILES string of the molecule is CCCCCCN(CCC(=O)O)Cc1ccncc1. The van der Waals surface area contributed by atoms with Gasteiger partial charge in [-0.2, -0.15) is 0 Å². The molecule has 1 rings (SSSR count). The Balaban J connectivity index is 2.41. The molecule has 0 saturated heterocycles. The van der Waals surface area contributed by atoms with Crippen LogP contribution in [0.4, 0.5) is 0 Å². The van der Waals surface area contributed by atoms with Gasteiger partial charge in [0, 0.05) is 25.5 Å². The van der Waals surface area contributed by atoms with Crippen molar-refractivity contribution in [2.75, 3.05) is 13.1 Å². The molecular formula is C15H24N2O2. The lowest BCUT2D eigenvalue weighted by Crippen LogP contribution is -2.27. The van der Waals surface area contributed by atoms with E-state index in [0.717, 1.165) is 19.5 Å². The Bertz CT molecular complexity index is 354. The number of nitrogens with zero attached hydrogens (tertiary/aromatic N) is 2. The number of carbonyl (C=O) groups is 1. The zero-order valence-electron chi connectivity index (χ0n) is 11.7. The van der Waals surface area contributed by atoms with Crippen molar-refractivity contribution < 1.29 is 9.90 Å². The Morgan fingerprint density at radius 3 is 2.58 bits per heavy atom. The van der Waals surface area contributed by atoms with Gasteiger partial charge in [0.2, 0.25) is 0 Å². The van der Waals surface area contributed by atoms with E-state index < -0.39 is 5.97 Å². The van der Waals surface area contributed by atoms with E-state index in [1.807, 2.05) is 12.1 Å². The number of carboxylic acid groups (broad SMARTS) is 1. The van der Waals surface area contributed by atoms with Gasteiger partial charge >= 0.3 is 5.97 Å².